The van der Waals surface area contributed by atoms with E-state index in [4.69, 9.17) is 11.6 Å². The van der Waals surface area contributed by atoms with Crippen molar-refractivity contribution in [1.82, 2.24) is 10.3 Å². The highest BCUT2D eigenvalue weighted by Crippen LogP contribution is 2.02. The van der Waals surface area contributed by atoms with Crippen LogP contribution in [0, 0.1) is 0 Å². The van der Waals surface area contributed by atoms with Gasteiger partial charge in [0.15, 0.2) is 0 Å². The van der Waals surface area contributed by atoms with Gasteiger partial charge >= 0.3 is 0 Å². The monoisotopic (exact) mass is 172 g/mol. The van der Waals surface area contributed by atoms with Crippen LogP contribution in [-0.2, 0) is 6.54 Å². The molecule has 1 rings (SSSR count). The summed E-state index contributed by atoms with van der Waals surface area (Å²) in [5.41, 5.74) is 0.726. The quantitative estimate of drug-likeness (QED) is 0.692. The Morgan fingerprint density at radius 2 is 2.45 bits per heavy atom. The lowest BCUT2D eigenvalue weighted by Crippen LogP contribution is -2.10. The van der Waals surface area contributed by atoms with Crippen LogP contribution in [0.4, 0.5) is 0 Å². The fraction of sp³-hybridized carbons (Fsp3) is 0.286. The zero-order valence-corrected chi connectivity index (χ0v) is 6.90. The van der Waals surface area contributed by atoms with Gasteiger partial charge in [0.2, 0.25) is 0 Å². The van der Waals surface area contributed by atoms with E-state index in [1.165, 1.54) is 0 Å². The first-order valence-corrected chi connectivity index (χ1v) is 3.63. The SMILES string of the molecule is CNCc1c[nH]c(=O)c(Cl)c1. The van der Waals surface area contributed by atoms with Crippen LogP contribution in [0.25, 0.3) is 0 Å². The predicted octanol–water partition coefficient (Wildman–Crippen LogP) is 0.748. The van der Waals surface area contributed by atoms with Gasteiger partial charge < -0.3 is 10.3 Å². The van der Waals surface area contributed by atoms with E-state index in [2.05, 4.69) is 10.3 Å². The fourth-order valence-electron chi connectivity index (χ4n) is 0.803. The summed E-state index contributed by atoms with van der Waals surface area (Å²) in [7, 11) is 1.83. The third kappa shape index (κ3) is 2.06. The first-order valence-electron chi connectivity index (χ1n) is 3.25. The van der Waals surface area contributed by atoms with Crippen molar-refractivity contribution in [3.05, 3.63) is 33.2 Å². The molecule has 11 heavy (non-hydrogen) atoms. The molecule has 0 aliphatic carbocycles. The second-order valence-electron chi connectivity index (χ2n) is 2.22. The van der Waals surface area contributed by atoms with Crippen LogP contribution < -0.4 is 10.9 Å². The number of H-pyrrole nitrogens is 1. The second kappa shape index (κ2) is 3.55. The molecule has 0 aliphatic heterocycles. The van der Waals surface area contributed by atoms with E-state index in [0.717, 1.165) is 5.56 Å². The van der Waals surface area contributed by atoms with Gasteiger partial charge in [0.05, 0.1) is 0 Å². The maximum Gasteiger partial charge on any atom is 0.266 e. The average Bonchev–Trinajstić information content (AvgIpc) is 1.98. The van der Waals surface area contributed by atoms with Gasteiger partial charge in [0.25, 0.3) is 5.56 Å². The summed E-state index contributed by atoms with van der Waals surface area (Å²) in [6, 6.07) is 1.65. The minimum absolute atomic E-state index is 0.234. The molecule has 1 aromatic heterocycles. The summed E-state index contributed by atoms with van der Waals surface area (Å²) >= 11 is 5.58. The standard InChI is InChI=1S/C7H9ClN2O/c1-9-3-5-2-6(8)7(11)10-4-5/h2,4,9H,3H2,1H3,(H,10,11). The zero-order chi connectivity index (χ0) is 8.27. The summed E-state index contributed by atoms with van der Waals surface area (Å²) in [5.74, 6) is 0. The van der Waals surface area contributed by atoms with E-state index in [-0.39, 0.29) is 10.6 Å². The molecule has 0 spiro atoms. The second-order valence-corrected chi connectivity index (χ2v) is 2.62. The van der Waals surface area contributed by atoms with Gasteiger partial charge in [0.1, 0.15) is 5.02 Å². The molecular weight excluding hydrogens is 164 g/mol. The number of nitrogens with one attached hydrogen (secondary N) is 2. The number of rotatable bonds is 2. The molecule has 0 saturated carbocycles. The summed E-state index contributed by atoms with van der Waals surface area (Å²) in [6.45, 7) is 0.705. The summed E-state index contributed by atoms with van der Waals surface area (Å²) < 4.78 is 0. The molecule has 1 aromatic rings. The number of pyridine rings is 1. The Balaban J connectivity index is 2.96. The first kappa shape index (κ1) is 8.30. The number of aromatic nitrogens is 1. The van der Waals surface area contributed by atoms with Crippen LogP contribution in [0.1, 0.15) is 5.56 Å². The van der Waals surface area contributed by atoms with Crippen molar-refractivity contribution in [3.63, 3.8) is 0 Å². The maximum absolute atomic E-state index is 10.8. The lowest BCUT2D eigenvalue weighted by molar-refractivity contribution is 0.812. The van der Waals surface area contributed by atoms with E-state index < -0.39 is 0 Å². The molecule has 1 heterocycles. The molecule has 0 aromatic carbocycles. The van der Waals surface area contributed by atoms with Crippen molar-refractivity contribution in [2.24, 2.45) is 0 Å². The highest BCUT2D eigenvalue weighted by atomic mass is 35.5. The first-order chi connectivity index (χ1) is 5.24. The molecule has 0 atom stereocenters. The van der Waals surface area contributed by atoms with Gasteiger partial charge in [0, 0.05) is 12.7 Å². The summed E-state index contributed by atoms with van der Waals surface area (Å²) in [6.07, 6.45) is 1.64. The topological polar surface area (TPSA) is 44.9 Å². The number of hydrogen-bond donors (Lipinski definition) is 2. The van der Waals surface area contributed by atoms with E-state index in [1.54, 1.807) is 12.3 Å². The Morgan fingerprint density at radius 1 is 1.73 bits per heavy atom. The molecule has 0 radical (unpaired) electrons. The molecule has 2 N–H and O–H groups in total. The minimum Gasteiger partial charge on any atom is -0.328 e. The summed E-state index contributed by atoms with van der Waals surface area (Å²) in [4.78, 5) is 13.3. The van der Waals surface area contributed by atoms with Gasteiger partial charge in [-0.1, -0.05) is 11.6 Å². The third-order valence-electron chi connectivity index (χ3n) is 1.30. The van der Waals surface area contributed by atoms with Crippen molar-refractivity contribution >= 4 is 11.6 Å². The van der Waals surface area contributed by atoms with Crippen molar-refractivity contribution < 1.29 is 0 Å². The normalized spacial score (nSPS) is 10.0. The van der Waals surface area contributed by atoms with Gasteiger partial charge in [-0.3, -0.25) is 4.79 Å². The van der Waals surface area contributed by atoms with Gasteiger partial charge in [-0.2, -0.15) is 0 Å². The fourth-order valence-corrected chi connectivity index (χ4v) is 0.998. The largest absolute Gasteiger partial charge is 0.328 e. The zero-order valence-electron chi connectivity index (χ0n) is 6.15. The van der Waals surface area contributed by atoms with Crippen molar-refractivity contribution in [2.75, 3.05) is 7.05 Å². The Labute approximate surface area is 69.4 Å². The van der Waals surface area contributed by atoms with Crippen LogP contribution in [0.2, 0.25) is 5.02 Å². The number of halogens is 1. The minimum atomic E-state index is -0.244. The Hall–Kier alpha value is -0.800. The lowest BCUT2D eigenvalue weighted by Gasteiger charge is -1.98. The average molecular weight is 173 g/mol. The number of hydrogen-bond acceptors (Lipinski definition) is 2. The Bertz CT molecular complexity index is 295. The van der Waals surface area contributed by atoms with E-state index in [0.29, 0.717) is 6.54 Å². The molecule has 0 fully saturated rings. The van der Waals surface area contributed by atoms with Crippen molar-refractivity contribution in [3.8, 4) is 0 Å². The van der Waals surface area contributed by atoms with Gasteiger partial charge in [-0.25, -0.2) is 0 Å². The van der Waals surface area contributed by atoms with Gasteiger partial charge in [-0.15, -0.1) is 0 Å². The molecule has 60 valence electrons. The van der Waals surface area contributed by atoms with Crippen molar-refractivity contribution in [2.45, 2.75) is 6.54 Å². The predicted molar refractivity (Wildman–Crippen MR) is 44.8 cm³/mol. The van der Waals surface area contributed by atoms with Gasteiger partial charge in [-0.05, 0) is 18.7 Å². The number of aromatic amines is 1. The molecule has 4 heteroatoms. The highest BCUT2D eigenvalue weighted by molar-refractivity contribution is 6.30. The molecule has 0 unspecified atom stereocenters. The highest BCUT2D eigenvalue weighted by Gasteiger charge is 1.96. The maximum atomic E-state index is 10.8. The smallest absolute Gasteiger partial charge is 0.266 e. The van der Waals surface area contributed by atoms with Crippen LogP contribution >= 0.6 is 11.6 Å². The summed E-state index contributed by atoms with van der Waals surface area (Å²) in [5, 5.41) is 3.18. The van der Waals surface area contributed by atoms with Crippen LogP contribution in [-0.4, -0.2) is 12.0 Å². The molecular formula is C7H9ClN2O. The van der Waals surface area contributed by atoms with E-state index >= 15 is 0 Å². The van der Waals surface area contributed by atoms with Crippen LogP contribution in [0.15, 0.2) is 17.1 Å². The molecule has 0 bridgehead atoms. The molecule has 3 nitrogen and oxygen atoms in total. The van der Waals surface area contributed by atoms with E-state index in [1.807, 2.05) is 7.05 Å². The Kier molecular flexibility index (Phi) is 2.68. The lowest BCUT2D eigenvalue weighted by atomic mass is 10.3. The molecule has 0 amide bonds. The van der Waals surface area contributed by atoms with Crippen LogP contribution in [0.3, 0.4) is 0 Å². The van der Waals surface area contributed by atoms with Crippen molar-refractivity contribution in [1.29, 1.82) is 0 Å². The van der Waals surface area contributed by atoms with Crippen LogP contribution in [0.5, 0.6) is 0 Å². The Morgan fingerprint density at radius 3 is 3.00 bits per heavy atom. The third-order valence-corrected chi connectivity index (χ3v) is 1.58. The molecule has 0 aliphatic rings. The van der Waals surface area contributed by atoms with E-state index in [9.17, 15) is 4.79 Å². The molecule has 0 saturated heterocycles.